The first-order valence-corrected chi connectivity index (χ1v) is 7.51. The molecule has 0 aliphatic carbocycles. The molecule has 1 rings (SSSR count). The molecule has 3 heteroatoms. The Hall–Kier alpha value is -1.64. The van der Waals surface area contributed by atoms with Crippen molar-refractivity contribution in [2.45, 2.75) is 52.9 Å². The molecule has 0 bridgehead atoms. The van der Waals surface area contributed by atoms with Gasteiger partial charge in [0.1, 0.15) is 5.78 Å². The van der Waals surface area contributed by atoms with E-state index in [0.717, 1.165) is 18.4 Å². The summed E-state index contributed by atoms with van der Waals surface area (Å²) in [6, 6.07) is 7.08. The van der Waals surface area contributed by atoms with Gasteiger partial charge in [-0.1, -0.05) is 46.2 Å². The highest BCUT2D eigenvalue weighted by Crippen LogP contribution is 2.28. The fourth-order valence-electron chi connectivity index (χ4n) is 2.07. The van der Waals surface area contributed by atoms with Crippen molar-refractivity contribution < 1.29 is 14.3 Å². The molecule has 0 aliphatic rings. The van der Waals surface area contributed by atoms with Crippen LogP contribution in [0.2, 0.25) is 0 Å². The molecule has 3 nitrogen and oxygen atoms in total. The number of methoxy groups -OCH3 is 1. The Labute approximate surface area is 127 Å². The highest BCUT2D eigenvalue weighted by atomic mass is 16.5. The Morgan fingerprint density at radius 3 is 2.24 bits per heavy atom. The molecule has 1 aromatic carbocycles. The summed E-state index contributed by atoms with van der Waals surface area (Å²) in [5.74, 6) is -0.239. The number of benzene rings is 1. The van der Waals surface area contributed by atoms with Crippen molar-refractivity contribution in [3.8, 4) is 0 Å². The number of carbonyl (C=O) groups is 2. The maximum atomic E-state index is 12.3. The minimum Gasteiger partial charge on any atom is -0.465 e. The standard InChI is InChI=1S/C18H26O3/c1-6-18(3,4)12-11-16(19)13(2)14-7-9-15(10-8-14)17(20)21-5/h7-10,13H,6,11-12H2,1-5H3. The van der Waals surface area contributed by atoms with Gasteiger partial charge in [-0.2, -0.15) is 0 Å². The lowest BCUT2D eigenvalue weighted by Gasteiger charge is -2.22. The van der Waals surface area contributed by atoms with Crippen LogP contribution in [0.1, 0.15) is 68.8 Å². The number of rotatable bonds is 7. The summed E-state index contributed by atoms with van der Waals surface area (Å²) in [5, 5.41) is 0. The number of hydrogen-bond acceptors (Lipinski definition) is 3. The first kappa shape index (κ1) is 17.4. The molecule has 0 radical (unpaired) electrons. The molecule has 0 N–H and O–H groups in total. The van der Waals surface area contributed by atoms with Crippen LogP contribution in [0.15, 0.2) is 24.3 Å². The molecule has 0 heterocycles. The van der Waals surface area contributed by atoms with Crippen LogP contribution in [0.5, 0.6) is 0 Å². The van der Waals surface area contributed by atoms with Crippen LogP contribution in [0.4, 0.5) is 0 Å². The van der Waals surface area contributed by atoms with E-state index in [-0.39, 0.29) is 23.1 Å². The number of ether oxygens (including phenoxy) is 1. The van der Waals surface area contributed by atoms with Gasteiger partial charge in [0.05, 0.1) is 12.7 Å². The number of hydrogen-bond donors (Lipinski definition) is 0. The van der Waals surface area contributed by atoms with Crippen LogP contribution in [0.3, 0.4) is 0 Å². The second-order valence-corrected chi connectivity index (χ2v) is 6.32. The fourth-order valence-corrected chi connectivity index (χ4v) is 2.07. The highest BCUT2D eigenvalue weighted by Gasteiger charge is 2.21. The quantitative estimate of drug-likeness (QED) is 0.701. The van der Waals surface area contributed by atoms with Crippen LogP contribution >= 0.6 is 0 Å². The van der Waals surface area contributed by atoms with Gasteiger partial charge >= 0.3 is 5.97 Å². The summed E-state index contributed by atoms with van der Waals surface area (Å²) < 4.78 is 4.67. The van der Waals surface area contributed by atoms with Crippen molar-refractivity contribution in [1.29, 1.82) is 0 Å². The third kappa shape index (κ3) is 5.00. The van der Waals surface area contributed by atoms with Crippen molar-refractivity contribution >= 4 is 11.8 Å². The van der Waals surface area contributed by atoms with Gasteiger partial charge in [0.25, 0.3) is 0 Å². The normalized spacial score (nSPS) is 12.8. The first-order valence-electron chi connectivity index (χ1n) is 7.51. The molecule has 0 saturated heterocycles. The minimum absolute atomic E-state index is 0.135. The van der Waals surface area contributed by atoms with Crippen LogP contribution in [0.25, 0.3) is 0 Å². The lowest BCUT2D eigenvalue weighted by Crippen LogP contribution is -2.15. The molecular weight excluding hydrogens is 264 g/mol. The van der Waals surface area contributed by atoms with Gasteiger partial charge in [0.2, 0.25) is 0 Å². The summed E-state index contributed by atoms with van der Waals surface area (Å²) in [6.45, 7) is 8.46. The zero-order chi connectivity index (χ0) is 16.0. The van der Waals surface area contributed by atoms with Gasteiger partial charge < -0.3 is 4.74 Å². The van der Waals surface area contributed by atoms with Crippen molar-refractivity contribution in [3.05, 3.63) is 35.4 Å². The van der Waals surface area contributed by atoms with Gasteiger partial charge in [-0.3, -0.25) is 4.79 Å². The Morgan fingerprint density at radius 1 is 1.19 bits per heavy atom. The van der Waals surface area contributed by atoms with E-state index in [9.17, 15) is 9.59 Å². The fraction of sp³-hybridized carbons (Fsp3) is 0.556. The number of carbonyl (C=O) groups excluding carboxylic acids is 2. The number of esters is 1. The summed E-state index contributed by atoms with van der Waals surface area (Å²) in [7, 11) is 1.36. The summed E-state index contributed by atoms with van der Waals surface area (Å²) >= 11 is 0. The van der Waals surface area contributed by atoms with E-state index in [1.165, 1.54) is 7.11 Å². The van der Waals surface area contributed by atoms with Gasteiger partial charge in [0.15, 0.2) is 0 Å². The Balaban J connectivity index is 2.68. The maximum Gasteiger partial charge on any atom is 0.337 e. The zero-order valence-corrected chi connectivity index (χ0v) is 13.7. The van der Waals surface area contributed by atoms with E-state index in [2.05, 4.69) is 25.5 Å². The van der Waals surface area contributed by atoms with Crippen LogP contribution in [-0.4, -0.2) is 18.9 Å². The molecule has 1 unspecified atom stereocenters. The van der Waals surface area contributed by atoms with E-state index in [4.69, 9.17) is 0 Å². The molecule has 1 atom stereocenters. The van der Waals surface area contributed by atoms with E-state index in [0.29, 0.717) is 12.0 Å². The lowest BCUT2D eigenvalue weighted by molar-refractivity contribution is -0.120. The maximum absolute atomic E-state index is 12.3. The third-order valence-corrected chi connectivity index (χ3v) is 4.32. The van der Waals surface area contributed by atoms with Gasteiger partial charge in [-0.05, 0) is 29.5 Å². The predicted molar refractivity (Wildman–Crippen MR) is 84.5 cm³/mol. The number of Topliss-reactive ketones (excluding diaryl/α,β-unsaturated/α-hetero) is 1. The van der Waals surface area contributed by atoms with E-state index in [1.54, 1.807) is 12.1 Å². The lowest BCUT2D eigenvalue weighted by atomic mass is 9.82. The topological polar surface area (TPSA) is 43.4 Å². The van der Waals surface area contributed by atoms with Crippen molar-refractivity contribution in [3.63, 3.8) is 0 Å². The Bertz CT molecular complexity index is 486. The van der Waals surface area contributed by atoms with Crippen LogP contribution < -0.4 is 0 Å². The minimum atomic E-state index is -0.356. The van der Waals surface area contributed by atoms with Crippen LogP contribution in [-0.2, 0) is 9.53 Å². The Kier molecular flexibility index (Phi) is 6.13. The molecule has 0 amide bonds. The van der Waals surface area contributed by atoms with E-state index >= 15 is 0 Å². The van der Waals surface area contributed by atoms with Crippen LogP contribution in [0, 0.1) is 5.41 Å². The average molecular weight is 290 g/mol. The second-order valence-electron chi connectivity index (χ2n) is 6.32. The largest absolute Gasteiger partial charge is 0.465 e. The van der Waals surface area contributed by atoms with Crippen molar-refractivity contribution in [2.75, 3.05) is 7.11 Å². The molecule has 116 valence electrons. The van der Waals surface area contributed by atoms with E-state index in [1.807, 2.05) is 19.1 Å². The van der Waals surface area contributed by atoms with Gasteiger partial charge in [-0.25, -0.2) is 4.79 Å². The first-order chi connectivity index (χ1) is 9.80. The summed E-state index contributed by atoms with van der Waals surface area (Å²) in [5.41, 5.74) is 1.67. The SMILES string of the molecule is CCC(C)(C)CCC(=O)C(C)c1ccc(C(=O)OC)cc1. The van der Waals surface area contributed by atoms with Crippen molar-refractivity contribution in [1.82, 2.24) is 0 Å². The number of ketones is 1. The molecular formula is C18H26O3. The van der Waals surface area contributed by atoms with E-state index < -0.39 is 0 Å². The van der Waals surface area contributed by atoms with Gasteiger partial charge in [-0.15, -0.1) is 0 Å². The molecule has 0 saturated carbocycles. The third-order valence-electron chi connectivity index (χ3n) is 4.32. The Morgan fingerprint density at radius 2 is 1.76 bits per heavy atom. The van der Waals surface area contributed by atoms with Crippen molar-refractivity contribution in [2.24, 2.45) is 5.41 Å². The molecule has 21 heavy (non-hydrogen) atoms. The smallest absolute Gasteiger partial charge is 0.337 e. The molecule has 0 fully saturated rings. The predicted octanol–water partition coefficient (Wildman–Crippen LogP) is 4.36. The molecule has 0 aromatic heterocycles. The summed E-state index contributed by atoms with van der Waals surface area (Å²) in [4.78, 5) is 23.7. The second kappa shape index (κ2) is 7.39. The zero-order valence-electron chi connectivity index (χ0n) is 13.7. The monoisotopic (exact) mass is 290 g/mol. The molecule has 0 spiro atoms. The molecule has 0 aliphatic heterocycles. The highest BCUT2D eigenvalue weighted by molar-refractivity contribution is 5.90. The summed E-state index contributed by atoms with van der Waals surface area (Å²) in [6.07, 6.45) is 2.58. The molecule has 1 aromatic rings. The average Bonchev–Trinajstić information content (AvgIpc) is 2.51. The van der Waals surface area contributed by atoms with Gasteiger partial charge in [0, 0.05) is 12.3 Å².